The van der Waals surface area contributed by atoms with Gasteiger partial charge in [0.05, 0.1) is 22.2 Å². The van der Waals surface area contributed by atoms with Crippen molar-refractivity contribution in [3.63, 3.8) is 0 Å². The highest BCUT2D eigenvalue weighted by Crippen LogP contribution is 2.29. The molecule has 0 atom stereocenters. The highest BCUT2D eigenvalue weighted by molar-refractivity contribution is 6.31. The van der Waals surface area contributed by atoms with Crippen LogP contribution < -0.4 is 15.2 Å². The molecule has 0 radical (unpaired) electrons. The molecule has 1 saturated heterocycles. The zero-order valence-electron chi connectivity index (χ0n) is 17.1. The molecule has 0 unspecified atom stereocenters. The lowest BCUT2D eigenvalue weighted by Crippen LogP contribution is -2.35. The molecule has 0 spiro atoms. The molecular formula is C24H16N4O5. The molecule has 0 aromatic heterocycles. The third kappa shape index (κ3) is 4.40. The number of anilines is 1. The summed E-state index contributed by atoms with van der Waals surface area (Å²) in [7, 11) is 0. The quantitative estimate of drug-likeness (QED) is 0.271. The van der Waals surface area contributed by atoms with E-state index < -0.39 is 16.7 Å². The fourth-order valence-electron chi connectivity index (χ4n) is 3.28. The molecule has 4 rings (SSSR count). The number of nitriles is 1. The molecule has 3 aromatic rings. The van der Waals surface area contributed by atoms with Crippen LogP contribution in [0.25, 0.3) is 6.08 Å². The van der Waals surface area contributed by atoms with Crippen molar-refractivity contribution in [3.05, 3.63) is 105 Å². The van der Waals surface area contributed by atoms with Gasteiger partial charge >= 0.3 is 0 Å². The van der Waals surface area contributed by atoms with Crippen molar-refractivity contribution in [2.75, 3.05) is 5.01 Å². The van der Waals surface area contributed by atoms with E-state index in [0.29, 0.717) is 16.8 Å². The van der Waals surface area contributed by atoms with Gasteiger partial charge < -0.3 is 4.74 Å². The Morgan fingerprint density at radius 3 is 2.52 bits per heavy atom. The van der Waals surface area contributed by atoms with Crippen LogP contribution in [0.15, 0.2) is 78.4 Å². The van der Waals surface area contributed by atoms with Gasteiger partial charge in [-0.3, -0.25) is 25.1 Å². The van der Waals surface area contributed by atoms with Crippen molar-refractivity contribution in [2.45, 2.75) is 6.61 Å². The van der Waals surface area contributed by atoms with E-state index in [1.54, 1.807) is 54.6 Å². The molecule has 1 aliphatic rings. The Bertz CT molecular complexity index is 1330. The first-order valence-electron chi connectivity index (χ1n) is 9.79. The minimum Gasteiger partial charge on any atom is -0.488 e. The summed E-state index contributed by atoms with van der Waals surface area (Å²) in [6, 6.07) is 21.4. The van der Waals surface area contributed by atoms with Crippen LogP contribution in [0.4, 0.5) is 11.4 Å². The van der Waals surface area contributed by atoms with Crippen LogP contribution in [-0.2, 0) is 16.2 Å². The third-order valence-corrected chi connectivity index (χ3v) is 4.93. The number of non-ortho nitro benzene ring substituents is 1. The highest BCUT2D eigenvalue weighted by Gasteiger charge is 2.34. The number of nitrogens with zero attached hydrogens (tertiary/aromatic N) is 3. The van der Waals surface area contributed by atoms with Gasteiger partial charge in [0.2, 0.25) is 0 Å². The van der Waals surface area contributed by atoms with Crippen molar-refractivity contribution >= 4 is 29.3 Å². The Labute approximate surface area is 188 Å². The van der Waals surface area contributed by atoms with Gasteiger partial charge in [0.25, 0.3) is 17.5 Å². The smallest absolute Gasteiger partial charge is 0.282 e. The number of ether oxygens (including phenoxy) is 1. The molecule has 0 bridgehead atoms. The lowest BCUT2D eigenvalue weighted by molar-refractivity contribution is -0.384. The molecular weight excluding hydrogens is 424 g/mol. The zero-order valence-corrected chi connectivity index (χ0v) is 17.1. The number of hydrogen-bond donors (Lipinski definition) is 1. The van der Waals surface area contributed by atoms with Crippen LogP contribution in [0.3, 0.4) is 0 Å². The first kappa shape index (κ1) is 21.3. The van der Waals surface area contributed by atoms with E-state index in [4.69, 9.17) is 4.74 Å². The van der Waals surface area contributed by atoms with Gasteiger partial charge in [0, 0.05) is 23.3 Å². The molecule has 2 amide bonds. The molecule has 0 aliphatic carbocycles. The number of rotatable bonds is 6. The summed E-state index contributed by atoms with van der Waals surface area (Å²) in [5.74, 6) is -1.02. The standard InChI is InChI=1S/C24H16N4O5/c25-14-16-6-4-5-7-17(16)15-33-22-11-10-20(28(31)32)12-18(22)13-21-23(29)26-27(24(21)30)19-8-2-1-3-9-19/h1-13H,15H2,(H,26,29). The first-order chi connectivity index (χ1) is 16.0. The first-order valence-corrected chi connectivity index (χ1v) is 9.79. The SMILES string of the molecule is N#Cc1ccccc1COc1ccc([N+](=O)[O-])cc1C=C1C(=O)NN(c2ccccc2)C1=O. The number of hydrogen-bond acceptors (Lipinski definition) is 6. The van der Waals surface area contributed by atoms with Crippen molar-refractivity contribution < 1.29 is 19.2 Å². The summed E-state index contributed by atoms with van der Waals surface area (Å²) < 4.78 is 5.82. The minimum absolute atomic E-state index is 0.0218. The van der Waals surface area contributed by atoms with Gasteiger partial charge in [-0.15, -0.1) is 0 Å². The number of benzene rings is 3. The number of nitrogens with one attached hydrogen (secondary N) is 1. The second-order valence-corrected chi connectivity index (χ2v) is 7.01. The Hall–Kier alpha value is -4.97. The van der Waals surface area contributed by atoms with E-state index in [2.05, 4.69) is 11.5 Å². The summed E-state index contributed by atoms with van der Waals surface area (Å²) in [5, 5.41) is 21.6. The van der Waals surface area contributed by atoms with Crippen LogP contribution in [0.2, 0.25) is 0 Å². The van der Waals surface area contributed by atoms with Crippen LogP contribution in [-0.4, -0.2) is 16.7 Å². The molecule has 0 saturated carbocycles. The lowest BCUT2D eigenvalue weighted by Gasteiger charge is -2.14. The van der Waals surface area contributed by atoms with E-state index in [0.717, 1.165) is 5.01 Å². The number of amides is 2. The maximum Gasteiger partial charge on any atom is 0.282 e. The molecule has 1 aliphatic heterocycles. The molecule has 3 aromatic carbocycles. The van der Waals surface area contributed by atoms with Crippen molar-refractivity contribution in [1.82, 2.24) is 5.43 Å². The average Bonchev–Trinajstić information content (AvgIpc) is 3.12. The molecule has 162 valence electrons. The molecule has 1 fully saturated rings. The topological polar surface area (TPSA) is 126 Å². The monoisotopic (exact) mass is 440 g/mol. The number of hydrazine groups is 1. The van der Waals surface area contributed by atoms with Gasteiger partial charge in [-0.2, -0.15) is 5.26 Å². The number of para-hydroxylation sites is 1. The van der Waals surface area contributed by atoms with Crippen molar-refractivity contribution in [1.29, 1.82) is 5.26 Å². The van der Waals surface area contributed by atoms with E-state index in [1.807, 2.05) is 0 Å². The van der Waals surface area contributed by atoms with Crippen LogP contribution in [0.5, 0.6) is 5.75 Å². The molecule has 9 nitrogen and oxygen atoms in total. The minimum atomic E-state index is -0.642. The maximum absolute atomic E-state index is 12.9. The normalized spacial score (nSPS) is 14.2. The van der Waals surface area contributed by atoms with Crippen molar-refractivity contribution in [2.24, 2.45) is 0 Å². The summed E-state index contributed by atoms with van der Waals surface area (Å²) in [5.41, 5.74) is 3.79. The lowest BCUT2D eigenvalue weighted by atomic mass is 10.1. The largest absolute Gasteiger partial charge is 0.488 e. The molecule has 1 N–H and O–H groups in total. The average molecular weight is 440 g/mol. The van der Waals surface area contributed by atoms with Gasteiger partial charge in [0.15, 0.2) is 0 Å². The number of carbonyl (C=O) groups is 2. The zero-order chi connectivity index (χ0) is 23.4. The molecule has 9 heteroatoms. The molecule has 33 heavy (non-hydrogen) atoms. The number of carbonyl (C=O) groups excluding carboxylic acids is 2. The third-order valence-electron chi connectivity index (χ3n) is 4.93. The maximum atomic E-state index is 12.9. The Kier molecular flexibility index (Phi) is 5.82. The van der Waals surface area contributed by atoms with Crippen molar-refractivity contribution in [3.8, 4) is 11.8 Å². The van der Waals surface area contributed by atoms with Crippen LogP contribution in [0, 0.1) is 21.4 Å². The van der Waals surface area contributed by atoms with Gasteiger partial charge in [-0.25, -0.2) is 5.01 Å². The second-order valence-electron chi connectivity index (χ2n) is 7.01. The van der Waals surface area contributed by atoms with E-state index in [-0.39, 0.29) is 29.2 Å². The predicted octanol–water partition coefficient (Wildman–Crippen LogP) is 3.51. The van der Waals surface area contributed by atoms with Crippen LogP contribution >= 0.6 is 0 Å². The Morgan fingerprint density at radius 2 is 1.79 bits per heavy atom. The number of nitro benzene ring substituents is 1. The summed E-state index contributed by atoms with van der Waals surface area (Å²) in [6.07, 6.45) is 1.26. The van der Waals surface area contributed by atoms with Gasteiger partial charge in [-0.05, 0) is 30.3 Å². The van der Waals surface area contributed by atoms with E-state index in [1.165, 1.54) is 24.3 Å². The Balaban J connectivity index is 1.68. The highest BCUT2D eigenvalue weighted by atomic mass is 16.6. The molecule has 1 heterocycles. The number of nitro groups is 1. The van der Waals surface area contributed by atoms with E-state index >= 15 is 0 Å². The van der Waals surface area contributed by atoms with Gasteiger partial charge in [0.1, 0.15) is 17.9 Å². The fourth-order valence-corrected chi connectivity index (χ4v) is 3.28. The fraction of sp³-hybridized carbons (Fsp3) is 0.0417. The van der Waals surface area contributed by atoms with Crippen LogP contribution in [0.1, 0.15) is 16.7 Å². The summed E-state index contributed by atoms with van der Waals surface area (Å²) in [6.45, 7) is 0.0218. The Morgan fingerprint density at radius 1 is 1.06 bits per heavy atom. The van der Waals surface area contributed by atoms with E-state index in [9.17, 15) is 25.0 Å². The summed E-state index contributed by atoms with van der Waals surface area (Å²) >= 11 is 0. The second kappa shape index (κ2) is 9.03. The summed E-state index contributed by atoms with van der Waals surface area (Å²) in [4.78, 5) is 36.1. The predicted molar refractivity (Wildman–Crippen MR) is 119 cm³/mol. The van der Waals surface area contributed by atoms with Gasteiger partial charge in [-0.1, -0.05) is 36.4 Å².